The fourth-order valence-electron chi connectivity index (χ4n) is 2.68. The molecule has 0 unspecified atom stereocenters. The van der Waals surface area contributed by atoms with Crippen molar-refractivity contribution in [3.8, 4) is 0 Å². The van der Waals surface area contributed by atoms with Crippen LogP contribution in [0.25, 0.3) is 0 Å². The van der Waals surface area contributed by atoms with Crippen LogP contribution in [0.15, 0.2) is 34.1 Å². The summed E-state index contributed by atoms with van der Waals surface area (Å²) in [5.74, 6) is 0.0801. The first-order valence-corrected chi connectivity index (χ1v) is 8.81. The van der Waals surface area contributed by atoms with Gasteiger partial charge in [0, 0.05) is 22.7 Å². The van der Waals surface area contributed by atoms with E-state index in [4.69, 9.17) is 11.6 Å². The first-order chi connectivity index (χ1) is 11.0. The standard InChI is InChI=1S/C16H16ClN3O2S/c1-8-13(15(23-2)20-16(22)18-8)14(21)19-12-7-11(12)9-4-3-5-10(17)6-9/h3-6,11-12H,7H2,1-2H3,(H,19,21)(H,18,20,22)/t11-,12-/m1/s1. The van der Waals surface area contributed by atoms with E-state index < -0.39 is 5.69 Å². The second-order valence-electron chi connectivity index (χ2n) is 5.53. The molecule has 1 saturated carbocycles. The lowest BCUT2D eigenvalue weighted by molar-refractivity contribution is 0.0945. The maximum absolute atomic E-state index is 12.5. The number of amides is 1. The Morgan fingerprint density at radius 2 is 2.26 bits per heavy atom. The number of aromatic nitrogens is 2. The number of aromatic amines is 1. The number of aryl methyl sites for hydroxylation is 1. The van der Waals surface area contributed by atoms with Crippen LogP contribution in [0.1, 0.15) is 34.0 Å². The Hall–Kier alpha value is -1.79. The maximum Gasteiger partial charge on any atom is 0.346 e. The molecule has 0 radical (unpaired) electrons. The van der Waals surface area contributed by atoms with Crippen LogP contribution in [0.5, 0.6) is 0 Å². The molecule has 0 aliphatic heterocycles. The summed E-state index contributed by atoms with van der Waals surface area (Å²) < 4.78 is 0. The molecule has 1 heterocycles. The molecule has 2 aromatic rings. The summed E-state index contributed by atoms with van der Waals surface area (Å²) in [6, 6.07) is 7.78. The van der Waals surface area contributed by atoms with Crippen molar-refractivity contribution in [2.45, 2.75) is 30.3 Å². The molecule has 23 heavy (non-hydrogen) atoms. The lowest BCUT2D eigenvalue weighted by atomic mass is 10.1. The van der Waals surface area contributed by atoms with Crippen molar-refractivity contribution in [2.24, 2.45) is 0 Å². The fourth-order valence-corrected chi connectivity index (χ4v) is 3.50. The largest absolute Gasteiger partial charge is 0.349 e. The van der Waals surface area contributed by atoms with E-state index in [2.05, 4.69) is 15.3 Å². The van der Waals surface area contributed by atoms with Gasteiger partial charge in [0.05, 0.1) is 5.56 Å². The van der Waals surface area contributed by atoms with Crippen molar-refractivity contribution in [1.29, 1.82) is 0 Å². The van der Waals surface area contributed by atoms with E-state index in [0.29, 0.717) is 21.3 Å². The minimum Gasteiger partial charge on any atom is -0.349 e. The van der Waals surface area contributed by atoms with Gasteiger partial charge in [-0.15, -0.1) is 11.8 Å². The fraction of sp³-hybridized carbons (Fsp3) is 0.312. The first-order valence-electron chi connectivity index (χ1n) is 7.21. The molecule has 5 nitrogen and oxygen atoms in total. The molecule has 120 valence electrons. The monoisotopic (exact) mass is 349 g/mol. The Labute approximate surface area is 142 Å². The number of carbonyl (C=O) groups is 1. The Bertz CT molecular complexity index is 821. The van der Waals surface area contributed by atoms with Crippen molar-refractivity contribution in [3.05, 3.63) is 56.6 Å². The van der Waals surface area contributed by atoms with Gasteiger partial charge in [-0.2, -0.15) is 4.98 Å². The predicted octanol–water partition coefficient (Wildman–Crippen LogP) is 2.74. The molecular formula is C16H16ClN3O2S. The van der Waals surface area contributed by atoms with E-state index in [1.807, 2.05) is 24.3 Å². The van der Waals surface area contributed by atoms with Crippen molar-refractivity contribution in [1.82, 2.24) is 15.3 Å². The van der Waals surface area contributed by atoms with Gasteiger partial charge >= 0.3 is 5.69 Å². The predicted molar refractivity (Wildman–Crippen MR) is 91.4 cm³/mol. The van der Waals surface area contributed by atoms with Crippen LogP contribution in [0.2, 0.25) is 5.02 Å². The van der Waals surface area contributed by atoms with Gasteiger partial charge < -0.3 is 10.3 Å². The Morgan fingerprint density at radius 3 is 2.96 bits per heavy atom. The summed E-state index contributed by atoms with van der Waals surface area (Å²) in [6.07, 6.45) is 2.68. The number of nitrogens with one attached hydrogen (secondary N) is 2. The number of thioether (sulfide) groups is 1. The SMILES string of the molecule is CSc1nc(=O)[nH]c(C)c1C(=O)N[C@@H]1C[C@@H]1c1cccc(Cl)c1. The lowest BCUT2D eigenvalue weighted by Gasteiger charge is -2.10. The number of H-pyrrole nitrogens is 1. The smallest absolute Gasteiger partial charge is 0.346 e. The van der Waals surface area contributed by atoms with E-state index in [0.717, 1.165) is 12.0 Å². The third kappa shape index (κ3) is 3.43. The van der Waals surface area contributed by atoms with Crippen LogP contribution in [-0.4, -0.2) is 28.2 Å². The van der Waals surface area contributed by atoms with Crippen molar-refractivity contribution < 1.29 is 4.79 Å². The Balaban J connectivity index is 1.76. The maximum atomic E-state index is 12.5. The zero-order valence-electron chi connectivity index (χ0n) is 12.7. The number of benzene rings is 1. The Morgan fingerprint density at radius 1 is 1.48 bits per heavy atom. The molecule has 1 aliphatic rings. The second-order valence-corrected chi connectivity index (χ2v) is 6.76. The highest BCUT2D eigenvalue weighted by molar-refractivity contribution is 7.98. The van der Waals surface area contributed by atoms with Crippen molar-refractivity contribution in [3.63, 3.8) is 0 Å². The number of rotatable bonds is 4. The van der Waals surface area contributed by atoms with Gasteiger partial charge in [-0.25, -0.2) is 4.79 Å². The summed E-state index contributed by atoms with van der Waals surface area (Å²) in [4.78, 5) is 30.4. The number of carbonyl (C=O) groups excluding carboxylic acids is 1. The molecule has 0 spiro atoms. The molecule has 0 bridgehead atoms. The van der Waals surface area contributed by atoms with E-state index in [9.17, 15) is 9.59 Å². The summed E-state index contributed by atoms with van der Waals surface area (Å²) >= 11 is 7.30. The summed E-state index contributed by atoms with van der Waals surface area (Å²) in [7, 11) is 0. The molecule has 3 rings (SSSR count). The molecule has 1 aromatic carbocycles. The summed E-state index contributed by atoms with van der Waals surface area (Å²) in [5.41, 5.74) is 1.66. The number of hydrogen-bond donors (Lipinski definition) is 2. The minimum atomic E-state index is -0.438. The normalized spacial score (nSPS) is 19.4. The molecule has 1 fully saturated rings. The second kappa shape index (κ2) is 6.37. The molecule has 1 aliphatic carbocycles. The summed E-state index contributed by atoms with van der Waals surface area (Å²) in [6.45, 7) is 1.71. The lowest BCUT2D eigenvalue weighted by Crippen LogP contribution is -2.30. The zero-order valence-corrected chi connectivity index (χ0v) is 14.3. The van der Waals surface area contributed by atoms with Crippen LogP contribution in [0.4, 0.5) is 0 Å². The van der Waals surface area contributed by atoms with Crippen LogP contribution in [0, 0.1) is 6.92 Å². The zero-order chi connectivity index (χ0) is 16.6. The van der Waals surface area contributed by atoms with E-state index in [1.165, 1.54) is 11.8 Å². The van der Waals surface area contributed by atoms with Gasteiger partial charge in [0.25, 0.3) is 5.91 Å². The average Bonchev–Trinajstić information content (AvgIpc) is 3.25. The Kier molecular flexibility index (Phi) is 4.46. The molecule has 2 atom stereocenters. The highest BCUT2D eigenvalue weighted by Gasteiger charge is 2.40. The van der Waals surface area contributed by atoms with E-state index in [-0.39, 0.29) is 17.9 Å². The van der Waals surface area contributed by atoms with Crippen LogP contribution in [0.3, 0.4) is 0 Å². The first kappa shape index (κ1) is 16.1. The average molecular weight is 350 g/mol. The molecular weight excluding hydrogens is 334 g/mol. The minimum absolute atomic E-state index is 0.0852. The van der Waals surface area contributed by atoms with Gasteiger partial charge in [-0.3, -0.25) is 4.79 Å². The topological polar surface area (TPSA) is 74.8 Å². The van der Waals surface area contributed by atoms with Crippen molar-refractivity contribution >= 4 is 29.3 Å². The highest BCUT2D eigenvalue weighted by atomic mass is 35.5. The van der Waals surface area contributed by atoms with Gasteiger partial charge in [0.1, 0.15) is 5.03 Å². The quantitative estimate of drug-likeness (QED) is 0.657. The highest BCUT2D eigenvalue weighted by Crippen LogP contribution is 2.41. The molecule has 7 heteroatoms. The van der Waals surface area contributed by atoms with Gasteiger partial charge in [0.2, 0.25) is 0 Å². The van der Waals surface area contributed by atoms with E-state index in [1.54, 1.807) is 13.2 Å². The van der Waals surface area contributed by atoms with Crippen LogP contribution >= 0.6 is 23.4 Å². The third-order valence-electron chi connectivity index (χ3n) is 3.89. The van der Waals surface area contributed by atoms with Gasteiger partial charge in [-0.05, 0) is 37.3 Å². The molecule has 1 aromatic heterocycles. The van der Waals surface area contributed by atoms with Crippen molar-refractivity contribution in [2.75, 3.05) is 6.26 Å². The van der Waals surface area contributed by atoms with E-state index >= 15 is 0 Å². The molecule has 2 N–H and O–H groups in total. The molecule has 1 amide bonds. The molecule has 0 saturated heterocycles. The number of nitrogens with zero attached hydrogens (tertiary/aromatic N) is 1. The van der Waals surface area contributed by atoms with Crippen LogP contribution < -0.4 is 11.0 Å². The number of halogens is 1. The third-order valence-corrected chi connectivity index (χ3v) is 4.81. The van der Waals surface area contributed by atoms with Gasteiger partial charge in [0.15, 0.2) is 0 Å². The number of hydrogen-bond acceptors (Lipinski definition) is 4. The van der Waals surface area contributed by atoms with Gasteiger partial charge in [-0.1, -0.05) is 23.7 Å². The summed E-state index contributed by atoms with van der Waals surface area (Å²) in [5, 5.41) is 4.16. The van der Waals surface area contributed by atoms with Crippen LogP contribution in [-0.2, 0) is 0 Å².